The number of aliphatic hydroxyl groups is 1. The first-order valence-corrected chi connectivity index (χ1v) is 8.26. The van der Waals surface area contributed by atoms with Crippen LogP contribution >= 0.6 is 0 Å². The first-order chi connectivity index (χ1) is 11.9. The molecule has 0 bridgehead atoms. The molecule has 0 saturated carbocycles. The summed E-state index contributed by atoms with van der Waals surface area (Å²) in [6.07, 6.45) is -2.05. The Morgan fingerprint density at radius 3 is 2.60 bits per heavy atom. The molecule has 0 amide bonds. The van der Waals surface area contributed by atoms with Crippen molar-refractivity contribution in [3.8, 4) is 0 Å². The van der Waals surface area contributed by atoms with E-state index < -0.39 is 12.0 Å². The Morgan fingerprint density at radius 1 is 1.24 bits per heavy atom. The molecule has 2 aromatic heterocycles. The number of hydrogen-bond acceptors (Lipinski definition) is 6. The van der Waals surface area contributed by atoms with E-state index >= 15 is 0 Å². The average Bonchev–Trinajstić information content (AvgIpc) is 3.03. The van der Waals surface area contributed by atoms with Crippen LogP contribution in [0.2, 0.25) is 0 Å². The zero-order chi connectivity index (χ0) is 18.0. The van der Waals surface area contributed by atoms with Crippen LogP contribution in [0.3, 0.4) is 0 Å². The van der Waals surface area contributed by atoms with Crippen LogP contribution in [-0.4, -0.2) is 69.1 Å². The van der Waals surface area contributed by atoms with Crippen LogP contribution in [0.25, 0.3) is 5.65 Å². The molecule has 0 unspecified atom stereocenters. The third-order valence-corrected chi connectivity index (χ3v) is 4.58. The standard InChI is InChI=1S/C15H21F3N6O/c1-22(7-2-10-25)11-5-8-23(9-6-11)13-4-3-12-19-20-14(15(16,17)18)24(12)21-13/h3-4,11,25H,2,5-10H2,1H3. The van der Waals surface area contributed by atoms with Gasteiger partial charge in [-0.05, 0) is 38.4 Å². The second kappa shape index (κ2) is 7.12. The zero-order valence-corrected chi connectivity index (χ0v) is 13.9. The van der Waals surface area contributed by atoms with Crippen molar-refractivity contribution in [3.05, 3.63) is 18.0 Å². The van der Waals surface area contributed by atoms with Crippen LogP contribution in [0.15, 0.2) is 12.1 Å². The first kappa shape index (κ1) is 17.9. The number of halogens is 3. The fourth-order valence-electron chi connectivity index (χ4n) is 3.16. The highest BCUT2D eigenvalue weighted by atomic mass is 19.4. The van der Waals surface area contributed by atoms with Crippen molar-refractivity contribution in [2.24, 2.45) is 0 Å². The third-order valence-electron chi connectivity index (χ3n) is 4.58. The van der Waals surface area contributed by atoms with E-state index in [1.54, 1.807) is 6.07 Å². The van der Waals surface area contributed by atoms with Crippen LogP contribution in [0, 0.1) is 0 Å². The fraction of sp³-hybridized carbons (Fsp3) is 0.667. The number of alkyl halides is 3. The summed E-state index contributed by atoms with van der Waals surface area (Å²) >= 11 is 0. The highest BCUT2D eigenvalue weighted by Gasteiger charge is 2.38. The van der Waals surface area contributed by atoms with Gasteiger partial charge in [0.15, 0.2) is 5.65 Å². The summed E-state index contributed by atoms with van der Waals surface area (Å²) in [6.45, 7) is 2.45. The summed E-state index contributed by atoms with van der Waals surface area (Å²) in [7, 11) is 2.03. The number of aromatic nitrogens is 4. The van der Waals surface area contributed by atoms with Crippen molar-refractivity contribution in [1.29, 1.82) is 0 Å². The second-order valence-electron chi connectivity index (χ2n) is 6.26. The zero-order valence-electron chi connectivity index (χ0n) is 13.9. The molecule has 3 heterocycles. The molecule has 1 aliphatic heterocycles. The molecule has 1 saturated heterocycles. The van der Waals surface area contributed by atoms with Crippen LogP contribution in [0.1, 0.15) is 25.1 Å². The Hall–Kier alpha value is -1.94. The SMILES string of the molecule is CN(CCCO)C1CCN(c2ccc3nnc(C(F)(F)F)n3n2)CC1. The third kappa shape index (κ3) is 3.84. The molecule has 3 rings (SSSR count). The molecule has 2 aromatic rings. The summed E-state index contributed by atoms with van der Waals surface area (Å²) in [5.41, 5.74) is 0.0784. The molecular weight excluding hydrogens is 337 g/mol. The van der Waals surface area contributed by atoms with E-state index in [4.69, 9.17) is 5.11 Å². The molecule has 25 heavy (non-hydrogen) atoms. The number of hydrogen-bond donors (Lipinski definition) is 1. The van der Waals surface area contributed by atoms with Gasteiger partial charge in [0.25, 0.3) is 5.82 Å². The van der Waals surface area contributed by atoms with Crippen molar-refractivity contribution in [2.45, 2.75) is 31.5 Å². The number of fused-ring (bicyclic) bond motifs is 1. The van der Waals surface area contributed by atoms with Gasteiger partial charge in [-0.1, -0.05) is 0 Å². The minimum atomic E-state index is -4.59. The highest BCUT2D eigenvalue weighted by molar-refractivity contribution is 5.46. The van der Waals surface area contributed by atoms with Crippen LogP contribution in [0.5, 0.6) is 0 Å². The molecule has 0 radical (unpaired) electrons. The number of aliphatic hydroxyl groups excluding tert-OH is 1. The number of piperidine rings is 1. The lowest BCUT2D eigenvalue weighted by Gasteiger charge is -2.37. The Kier molecular flexibility index (Phi) is 5.09. The molecule has 0 spiro atoms. The monoisotopic (exact) mass is 358 g/mol. The van der Waals surface area contributed by atoms with Crippen molar-refractivity contribution in [3.63, 3.8) is 0 Å². The maximum Gasteiger partial charge on any atom is 0.453 e. The topological polar surface area (TPSA) is 69.8 Å². The van der Waals surface area contributed by atoms with Gasteiger partial charge < -0.3 is 14.9 Å². The second-order valence-corrected chi connectivity index (χ2v) is 6.26. The van der Waals surface area contributed by atoms with Gasteiger partial charge in [0.05, 0.1) is 0 Å². The Labute approximate surface area is 143 Å². The molecule has 1 aliphatic rings. The normalized spacial score (nSPS) is 17.0. The van der Waals surface area contributed by atoms with Gasteiger partial charge in [0.2, 0.25) is 0 Å². The van der Waals surface area contributed by atoms with Gasteiger partial charge in [0, 0.05) is 32.3 Å². The summed E-state index contributed by atoms with van der Waals surface area (Å²) in [6, 6.07) is 3.59. The largest absolute Gasteiger partial charge is 0.453 e. The van der Waals surface area contributed by atoms with Crippen LogP contribution in [0.4, 0.5) is 19.0 Å². The van der Waals surface area contributed by atoms with Crippen LogP contribution in [-0.2, 0) is 6.18 Å². The van der Waals surface area contributed by atoms with E-state index in [2.05, 4.69) is 20.2 Å². The molecule has 1 fully saturated rings. The van der Waals surface area contributed by atoms with Gasteiger partial charge in [-0.2, -0.15) is 17.7 Å². The summed E-state index contributed by atoms with van der Waals surface area (Å²) < 4.78 is 39.7. The molecule has 1 N–H and O–H groups in total. The summed E-state index contributed by atoms with van der Waals surface area (Å²) in [4.78, 5) is 4.21. The van der Waals surface area contributed by atoms with Gasteiger partial charge in [-0.15, -0.1) is 15.3 Å². The Bertz CT molecular complexity index is 711. The van der Waals surface area contributed by atoms with Gasteiger partial charge in [-0.25, -0.2) is 0 Å². The van der Waals surface area contributed by atoms with Gasteiger partial charge in [-0.3, -0.25) is 0 Å². The summed E-state index contributed by atoms with van der Waals surface area (Å²) in [5.74, 6) is -0.614. The number of nitrogens with zero attached hydrogens (tertiary/aromatic N) is 6. The lowest BCUT2D eigenvalue weighted by atomic mass is 10.0. The molecular formula is C15H21F3N6O. The van der Waals surface area contributed by atoms with Crippen molar-refractivity contribution >= 4 is 11.5 Å². The summed E-state index contributed by atoms with van der Waals surface area (Å²) in [5, 5.41) is 19.7. The minimum Gasteiger partial charge on any atom is -0.396 e. The number of rotatable bonds is 5. The van der Waals surface area contributed by atoms with E-state index in [1.807, 2.05) is 11.9 Å². The quantitative estimate of drug-likeness (QED) is 0.872. The predicted octanol–water partition coefficient (Wildman–Crippen LogP) is 1.43. The minimum absolute atomic E-state index is 0.0784. The Balaban J connectivity index is 1.71. The van der Waals surface area contributed by atoms with E-state index in [0.29, 0.717) is 11.9 Å². The molecule has 138 valence electrons. The van der Waals surface area contributed by atoms with E-state index in [-0.39, 0.29) is 12.3 Å². The van der Waals surface area contributed by atoms with Crippen molar-refractivity contribution < 1.29 is 18.3 Å². The Morgan fingerprint density at radius 2 is 1.96 bits per heavy atom. The molecule has 10 heteroatoms. The van der Waals surface area contributed by atoms with E-state index in [1.165, 1.54) is 6.07 Å². The van der Waals surface area contributed by atoms with E-state index in [0.717, 1.165) is 43.4 Å². The lowest BCUT2D eigenvalue weighted by molar-refractivity contribution is -0.146. The van der Waals surface area contributed by atoms with Gasteiger partial charge >= 0.3 is 6.18 Å². The highest BCUT2D eigenvalue weighted by Crippen LogP contribution is 2.28. The van der Waals surface area contributed by atoms with Gasteiger partial charge in [0.1, 0.15) is 5.82 Å². The lowest BCUT2D eigenvalue weighted by Crippen LogP contribution is -2.44. The van der Waals surface area contributed by atoms with Crippen LogP contribution < -0.4 is 4.90 Å². The molecule has 0 atom stereocenters. The van der Waals surface area contributed by atoms with E-state index in [9.17, 15) is 13.2 Å². The molecule has 7 nitrogen and oxygen atoms in total. The maximum atomic E-state index is 13.0. The average molecular weight is 358 g/mol. The maximum absolute atomic E-state index is 13.0. The predicted molar refractivity (Wildman–Crippen MR) is 85.4 cm³/mol. The molecule has 0 aromatic carbocycles. The van der Waals surface area contributed by atoms with Crippen molar-refractivity contribution in [1.82, 2.24) is 24.7 Å². The molecule has 0 aliphatic carbocycles. The fourth-order valence-corrected chi connectivity index (χ4v) is 3.16. The smallest absolute Gasteiger partial charge is 0.396 e. The van der Waals surface area contributed by atoms with Crippen molar-refractivity contribution in [2.75, 3.05) is 38.2 Å². The first-order valence-electron chi connectivity index (χ1n) is 8.26. The number of anilines is 1.